The second-order valence-electron chi connectivity index (χ2n) is 2.80. The van der Waals surface area contributed by atoms with Crippen LogP contribution in [0.4, 0.5) is 5.95 Å². The monoisotopic (exact) mass is 250 g/mol. The highest BCUT2D eigenvalue weighted by Gasteiger charge is 2.28. The highest BCUT2D eigenvalue weighted by Crippen LogP contribution is 2.09. The molecule has 0 saturated carbocycles. The number of carboxylic acids is 1. The second kappa shape index (κ2) is 4.35. The number of nitrogens with zero attached hydrogens (tertiary/aromatic N) is 2. The van der Waals surface area contributed by atoms with Gasteiger partial charge in [-0.3, -0.25) is 9.52 Å². The summed E-state index contributed by atoms with van der Waals surface area (Å²) >= 11 is 0. The summed E-state index contributed by atoms with van der Waals surface area (Å²) in [6, 6.07) is -0.0549. The highest BCUT2D eigenvalue weighted by molar-refractivity contribution is 7.94. The molecule has 1 atom stereocenters. The van der Waals surface area contributed by atoms with E-state index in [-0.39, 0.29) is 12.0 Å². The van der Waals surface area contributed by atoms with Crippen LogP contribution in [0.25, 0.3) is 0 Å². The Bertz CT molecular complexity index is 481. The molecule has 1 heterocycles. The molecule has 1 rings (SSSR count). The van der Waals surface area contributed by atoms with Crippen LogP contribution >= 0.6 is 0 Å². The molecule has 0 fully saturated rings. The summed E-state index contributed by atoms with van der Waals surface area (Å²) in [5.41, 5.74) is 0. The molecule has 10 heteroatoms. The van der Waals surface area contributed by atoms with Gasteiger partial charge in [-0.05, 0) is 6.92 Å². The van der Waals surface area contributed by atoms with Gasteiger partial charge in [-0.2, -0.15) is 4.98 Å². The lowest BCUT2D eigenvalue weighted by Gasteiger charge is -2.07. The molecule has 1 aromatic rings. The minimum Gasteiger partial charge on any atom is -0.480 e. The fourth-order valence-electron chi connectivity index (χ4n) is 0.739. The number of carboxylic acid groups (broad SMARTS) is 1. The second-order valence-corrected chi connectivity index (χ2v) is 4.80. The maximum absolute atomic E-state index is 11.4. The van der Waals surface area contributed by atoms with Crippen molar-refractivity contribution in [2.24, 2.45) is 0 Å². The number of ether oxygens (including phenoxy) is 1. The lowest BCUT2D eigenvalue weighted by molar-refractivity contribution is -0.136. The average Bonchev–Trinajstić information content (AvgIpc) is 2.63. The van der Waals surface area contributed by atoms with E-state index in [1.807, 2.05) is 4.72 Å². The molecule has 1 unspecified atom stereocenters. The van der Waals surface area contributed by atoms with Gasteiger partial charge in [0, 0.05) is 0 Å². The smallest absolute Gasteiger partial charge is 0.336 e. The lowest BCUT2D eigenvalue weighted by Crippen LogP contribution is -2.32. The van der Waals surface area contributed by atoms with Gasteiger partial charge in [-0.25, -0.2) is 13.5 Å². The van der Waals surface area contributed by atoms with E-state index in [9.17, 15) is 13.2 Å². The Kier molecular flexibility index (Phi) is 3.32. The Morgan fingerprint density at radius 3 is 2.69 bits per heavy atom. The Balaban J connectivity index is 2.84. The van der Waals surface area contributed by atoms with Crippen LogP contribution in [0.15, 0.2) is 0 Å². The summed E-state index contributed by atoms with van der Waals surface area (Å²) in [6.07, 6.45) is 0. The Morgan fingerprint density at radius 2 is 2.25 bits per heavy atom. The third-order valence-electron chi connectivity index (χ3n) is 1.70. The molecule has 0 aliphatic rings. The first-order valence-electron chi connectivity index (χ1n) is 4.07. The molecular weight excluding hydrogens is 240 g/mol. The van der Waals surface area contributed by atoms with Gasteiger partial charge in [0.1, 0.15) is 0 Å². The van der Waals surface area contributed by atoms with Crippen LogP contribution in [0.2, 0.25) is 0 Å². The number of sulfonamides is 1. The van der Waals surface area contributed by atoms with E-state index in [4.69, 9.17) is 5.11 Å². The van der Waals surface area contributed by atoms with E-state index >= 15 is 0 Å². The summed E-state index contributed by atoms with van der Waals surface area (Å²) in [7, 11) is -2.74. The zero-order valence-electron chi connectivity index (χ0n) is 8.46. The minimum atomic E-state index is -4.05. The first-order chi connectivity index (χ1) is 7.36. The van der Waals surface area contributed by atoms with Crippen molar-refractivity contribution >= 4 is 21.9 Å². The zero-order valence-corrected chi connectivity index (χ0v) is 9.28. The fraction of sp³-hybridized carbons (Fsp3) is 0.500. The van der Waals surface area contributed by atoms with Crippen LogP contribution in [-0.2, 0) is 14.8 Å². The molecule has 0 saturated heterocycles. The number of aromatic amines is 1. The van der Waals surface area contributed by atoms with E-state index in [1.165, 1.54) is 7.11 Å². The predicted molar refractivity (Wildman–Crippen MR) is 52.6 cm³/mol. The molecule has 0 radical (unpaired) electrons. The van der Waals surface area contributed by atoms with Crippen LogP contribution in [0, 0.1) is 0 Å². The van der Waals surface area contributed by atoms with Crippen LogP contribution in [0.5, 0.6) is 6.01 Å². The topological polar surface area (TPSA) is 134 Å². The first-order valence-corrected chi connectivity index (χ1v) is 5.62. The summed E-state index contributed by atoms with van der Waals surface area (Å²) < 4.78 is 29.4. The van der Waals surface area contributed by atoms with Gasteiger partial charge in [0.2, 0.25) is 16.0 Å². The van der Waals surface area contributed by atoms with Gasteiger partial charge < -0.3 is 9.84 Å². The summed E-state index contributed by atoms with van der Waals surface area (Å²) in [5.74, 6) is -1.66. The first kappa shape index (κ1) is 12.2. The fourth-order valence-corrected chi connectivity index (χ4v) is 1.54. The molecule has 1 aromatic heterocycles. The number of aromatic nitrogens is 3. The number of hydrogen-bond donors (Lipinski definition) is 3. The Hall–Kier alpha value is -1.84. The van der Waals surface area contributed by atoms with Gasteiger partial charge in [0.25, 0.3) is 0 Å². The zero-order chi connectivity index (χ0) is 12.3. The number of rotatable bonds is 5. The van der Waals surface area contributed by atoms with E-state index in [0.717, 1.165) is 6.92 Å². The van der Waals surface area contributed by atoms with E-state index < -0.39 is 21.2 Å². The molecule has 0 amide bonds. The Labute approximate surface area is 90.9 Å². The number of carbonyl (C=O) groups is 1. The molecule has 90 valence electrons. The number of hydrogen-bond acceptors (Lipinski definition) is 6. The van der Waals surface area contributed by atoms with E-state index in [0.29, 0.717) is 0 Å². The van der Waals surface area contributed by atoms with Crippen LogP contribution in [0.1, 0.15) is 6.92 Å². The molecule has 0 aliphatic heterocycles. The molecule has 0 spiro atoms. The predicted octanol–water partition coefficient (Wildman–Crippen LogP) is -0.972. The Morgan fingerprint density at radius 1 is 1.62 bits per heavy atom. The van der Waals surface area contributed by atoms with Crippen molar-refractivity contribution in [3.63, 3.8) is 0 Å². The highest BCUT2D eigenvalue weighted by atomic mass is 32.2. The molecule has 0 aliphatic carbocycles. The maximum Gasteiger partial charge on any atom is 0.336 e. The van der Waals surface area contributed by atoms with Crippen molar-refractivity contribution in [1.82, 2.24) is 15.2 Å². The van der Waals surface area contributed by atoms with E-state index in [2.05, 4.69) is 19.9 Å². The number of nitrogens with one attached hydrogen (secondary N) is 2. The van der Waals surface area contributed by atoms with Gasteiger partial charge in [0.15, 0.2) is 5.25 Å². The molecule has 3 N–H and O–H groups in total. The minimum absolute atomic E-state index is 0.0549. The van der Waals surface area contributed by atoms with Crippen molar-refractivity contribution < 1.29 is 23.1 Å². The molecule has 9 nitrogen and oxygen atoms in total. The number of aliphatic carboxylic acids is 1. The van der Waals surface area contributed by atoms with Gasteiger partial charge in [-0.15, -0.1) is 5.10 Å². The van der Waals surface area contributed by atoms with Crippen molar-refractivity contribution in [1.29, 1.82) is 0 Å². The van der Waals surface area contributed by atoms with Crippen molar-refractivity contribution in [2.75, 3.05) is 11.8 Å². The molecule has 16 heavy (non-hydrogen) atoms. The molecular formula is C6H10N4O5S. The van der Waals surface area contributed by atoms with E-state index in [1.54, 1.807) is 0 Å². The van der Waals surface area contributed by atoms with Crippen molar-refractivity contribution in [3.05, 3.63) is 0 Å². The number of H-pyrrole nitrogens is 1. The quantitative estimate of drug-likeness (QED) is 0.611. The summed E-state index contributed by atoms with van der Waals surface area (Å²) in [6.45, 7) is 1.04. The summed E-state index contributed by atoms with van der Waals surface area (Å²) in [5, 5.41) is 12.7. The number of anilines is 1. The third kappa shape index (κ3) is 2.59. The maximum atomic E-state index is 11.4. The molecule has 0 bridgehead atoms. The van der Waals surface area contributed by atoms with Crippen molar-refractivity contribution in [2.45, 2.75) is 12.2 Å². The normalized spacial score (nSPS) is 13.1. The van der Waals surface area contributed by atoms with Crippen LogP contribution in [0.3, 0.4) is 0 Å². The van der Waals surface area contributed by atoms with Crippen LogP contribution in [-0.4, -0.2) is 47.0 Å². The van der Waals surface area contributed by atoms with Gasteiger partial charge in [-0.1, -0.05) is 0 Å². The van der Waals surface area contributed by atoms with Gasteiger partial charge >= 0.3 is 12.0 Å². The standard InChI is InChI=1S/C6H10N4O5S/c1-3(4(11)12)16(13,14)10-5-7-6(15-2)9-8-5/h3H,1-2H3,(H,11,12)(H2,7,8,9,10). The lowest BCUT2D eigenvalue weighted by atomic mass is 10.5. The van der Waals surface area contributed by atoms with Crippen molar-refractivity contribution in [3.8, 4) is 6.01 Å². The average molecular weight is 250 g/mol. The van der Waals surface area contributed by atoms with Crippen LogP contribution < -0.4 is 9.46 Å². The SMILES string of the molecule is COc1n[nH]c(NS(=O)(=O)C(C)C(=O)O)n1. The number of methoxy groups -OCH3 is 1. The summed E-state index contributed by atoms with van der Waals surface area (Å²) in [4.78, 5) is 14.1. The van der Waals surface area contributed by atoms with Gasteiger partial charge in [0.05, 0.1) is 7.11 Å². The molecule has 0 aromatic carbocycles. The third-order valence-corrected chi connectivity index (χ3v) is 3.31. The largest absolute Gasteiger partial charge is 0.480 e.